The number of rotatable bonds is 3. The Kier molecular flexibility index (Phi) is 2.99. The molecule has 0 bridgehead atoms. The number of carbonyl (C=O) groups excluding carboxylic acids is 1. The molecule has 7 heteroatoms. The molecule has 2 N–H and O–H groups in total. The van der Waals surface area contributed by atoms with Gasteiger partial charge in [-0.1, -0.05) is 6.07 Å². The molecule has 0 aliphatic carbocycles. The van der Waals surface area contributed by atoms with Crippen molar-refractivity contribution in [2.75, 3.05) is 17.7 Å². The van der Waals surface area contributed by atoms with Crippen LogP contribution in [0.2, 0.25) is 0 Å². The van der Waals surface area contributed by atoms with Crippen LogP contribution in [-0.4, -0.2) is 32.7 Å². The van der Waals surface area contributed by atoms with Crippen LogP contribution in [0.1, 0.15) is 0 Å². The number of hydrogen-bond acceptors (Lipinski definition) is 5. The smallest absolute Gasteiger partial charge is 0.249 e. The van der Waals surface area contributed by atoms with E-state index in [0.29, 0.717) is 5.82 Å². The van der Waals surface area contributed by atoms with Crippen LogP contribution < -0.4 is 10.6 Å². The van der Waals surface area contributed by atoms with Crippen LogP contribution in [0.3, 0.4) is 0 Å². The molecule has 0 saturated carbocycles. The first-order valence-corrected chi connectivity index (χ1v) is 4.99. The van der Waals surface area contributed by atoms with E-state index in [1.165, 1.54) is 15.9 Å². The first-order chi connectivity index (χ1) is 8.16. The third-order valence-corrected chi connectivity index (χ3v) is 2.22. The largest absolute Gasteiger partial charge is 0.367 e. The van der Waals surface area contributed by atoms with E-state index >= 15 is 0 Å². The van der Waals surface area contributed by atoms with Crippen LogP contribution in [0.4, 0.5) is 11.8 Å². The molecule has 0 aromatic carbocycles. The Balaban J connectivity index is 2.06. The summed E-state index contributed by atoms with van der Waals surface area (Å²) in [6.45, 7) is 0.0806. The molecule has 2 aromatic rings. The second-order valence-corrected chi connectivity index (χ2v) is 3.44. The maximum Gasteiger partial charge on any atom is 0.249 e. The minimum Gasteiger partial charge on any atom is -0.367 e. The van der Waals surface area contributed by atoms with Gasteiger partial charge in [-0.3, -0.25) is 9.69 Å². The monoisotopic (exact) mass is 232 g/mol. The molecule has 0 spiro atoms. The number of aromatic nitrogens is 4. The van der Waals surface area contributed by atoms with Gasteiger partial charge in [-0.2, -0.15) is 0 Å². The van der Waals surface area contributed by atoms with Gasteiger partial charge in [0.15, 0.2) is 0 Å². The summed E-state index contributed by atoms with van der Waals surface area (Å²) in [7, 11) is 1.66. The van der Waals surface area contributed by atoms with E-state index in [1.807, 2.05) is 6.07 Å². The van der Waals surface area contributed by atoms with Crippen molar-refractivity contribution in [3.8, 4) is 0 Å². The molecule has 7 nitrogen and oxygen atoms in total. The number of carbonyl (C=O) groups is 1. The van der Waals surface area contributed by atoms with E-state index in [4.69, 9.17) is 5.73 Å². The molecule has 0 fully saturated rings. The molecule has 0 atom stereocenters. The maximum absolute atomic E-state index is 11.9. The van der Waals surface area contributed by atoms with Crippen molar-refractivity contribution in [3.05, 3.63) is 30.7 Å². The number of nitrogens with two attached hydrogens (primary N) is 1. The molecule has 0 aliphatic rings. The Hall–Kier alpha value is -2.44. The maximum atomic E-state index is 11.9. The minimum atomic E-state index is -0.145. The van der Waals surface area contributed by atoms with Crippen molar-refractivity contribution in [3.63, 3.8) is 0 Å². The van der Waals surface area contributed by atoms with Gasteiger partial charge in [0.25, 0.3) is 0 Å². The van der Waals surface area contributed by atoms with Crippen molar-refractivity contribution in [1.29, 1.82) is 0 Å². The van der Waals surface area contributed by atoms with Gasteiger partial charge in [0, 0.05) is 13.2 Å². The number of amides is 1. The molecular formula is C10H12N6O. The average molecular weight is 232 g/mol. The number of pyridine rings is 1. The van der Waals surface area contributed by atoms with E-state index in [2.05, 4.69) is 15.1 Å². The van der Waals surface area contributed by atoms with Crippen LogP contribution >= 0.6 is 0 Å². The summed E-state index contributed by atoms with van der Waals surface area (Å²) < 4.78 is 1.39. The topological polar surface area (TPSA) is 89.9 Å². The first-order valence-electron chi connectivity index (χ1n) is 4.99. The Labute approximate surface area is 97.9 Å². The van der Waals surface area contributed by atoms with Crippen molar-refractivity contribution < 1.29 is 4.79 Å². The zero-order valence-corrected chi connectivity index (χ0v) is 9.32. The van der Waals surface area contributed by atoms with Gasteiger partial charge in [0.05, 0.1) is 0 Å². The van der Waals surface area contributed by atoms with Crippen molar-refractivity contribution in [2.24, 2.45) is 0 Å². The minimum absolute atomic E-state index is 0.0806. The molecule has 2 rings (SSSR count). The molecule has 2 heterocycles. The predicted octanol–water partition coefficient (Wildman–Crippen LogP) is -0.0817. The molecule has 2 aromatic heterocycles. The van der Waals surface area contributed by atoms with Gasteiger partial charge in [-0.25, -0.2) is 14.6 Å². The Bertz CT molecular complexity index is 509. The third kappa shape index (κ3) is 2.57. The summed E-state index contributed by atoms with van der Waals surface area (Å²) in [6, 6.07) is 5.37. The molecule has 0 saturated heterocycles. The highest BCUT2D eigenvalue weighted by molar-refractivity contribution is 5.91. The quantitative estimate of drug-likeness (QED) is 0.799. The van der Waals surface area contributed by atoms with Gasteiger partial charge >= 0.3 is 0 Å². The number of nitrogen functional groups attached to an aromatic ring is 1. The SMILES string of the molecule is CN(C(=O)Cn1cnc(N)n1)c1ccccn1. The first kappa shape index (κ1) is 11.1. The predicted molar refractivity (Wildman–Crippen MR) is 62.1 cm³/mol. The molecule has 0 unspecified atom stereocenters. The number of anilines is 2. The van der Waals surface area contributed by atoms with Gasteiger partial charge in [0.2, 0.25) is 11.9 Å². The lowest BCUT2D eigenvalue weighted by Gasteiger charge is -2.15. The van der Waals surface area contributed by atoms with E-state index in [1.54, 1.807) is 25.4 Å². The summed E-state index contributed by atoms with van der Waals surface area (Å²) in [6.07, 6.45) is 3.05. The second kappa shape index (κ2) is 4.60. The van der Waals surface area contributed by atoms with Crippen LogP contribution in [-0.2, 0) is 11.3 Å². The molecule has 0 aliphatic heterocycles. The zero-order valence-electron chi connectivity index (χ0n) is 9.32. The van der Waals surface area contributed by atoms with Crippen LogP contribution in [0, 0.1) is 0 Å². The lowest BCUT2D eigenvalue weighted by molar-refractivity contribution is -0.119. The van der Waals surface area contributed by atoms with E-state index < -0.39 is 0 Å². The second-order valence-electron chi connectivity index (χ2n) is 3.44. The van der Waals surface area contributed by atoms with Gasteiger partial charge in [-0.05, 0) is 12.1 Å². The summed E-state index contributed by atoms with van der Waals surface area (Å²) in [4.78, 5) is 21.2. The standard InChI is InChI=1S/C10H12N6O/c1-15(8-4-2-3-5-12-8)9(17)6-16-7-13-10(11)14-16/h2-5,7H,6H2,1H3,(H2,11,14). The van der Waals surface area contributed by atoms with Gasteiger partial charge in [0.1, 0.15) is 18.7 Å². The van der Waals surface area contributed by atoms with Gasteiger partial charge < -0.3 is 5.73 Å². The number of likely N-dealkylation sites (N-methyl/N-ethyl adjacent to an activating group) is 1. The van der Waals surface area contributed by atoms with Crippen molar-refractivity contribution >= 4 is 17.7 Å². The fraction of sp³-hybridized carbons (Fsp3) is 0.200. The average Bonchev–Trinajstić information content (AvgIpc) is 2.75. The third-order valence-electron chi connectivity index (χ3n) is 2.22. The van der Waals surface area contributed by atoms with Crippen molar-refractivity contribution in [2.45, 2.75) is 6.54 Å². The normalized spacial score (nSPS) is 10.2. The summed E-state index contributed by atoms with van der Waals surface area (Å²) in [5, 5.41) is 3.84. The highest BCUT2D eigenvalue weighted by atomic mass is 16.2. The zero-order chi connectivity index (χ0) is 12.3. The van der Waals surface area contributed by atoms with E-state index in [0.717, 1.165) is 0 Å². The Morgan fingerprint density at radius 2 is 2.29 bits per heavy atom. The number of nitrogens with zero attached hydrogens (tertiary/aromatic N) is 5. The van der Waals surface area contributed by atoms with Crippen LogP contribution in [0.15, 0.2) is 30.7 Å². The lowest BCUT2D eigenvalue weighted by Crippen LogP contribution is -2.30. The van der Waals surface area contributed by atoms with E-state index in [-0.39, 0.29) is 18.4 Å². The molecule has 17 heavy (non-hydrogen) atoms. The Morgan fingerprint density at radius 1 is 1.47 bits per heavy atom. The summed E-state index contributed by atoms with van der Waals surface area (Å²) in [5.41, 5.74) is 5.36. The molecular weight excluding hydrogens is 220 g/mol. The van der Waals surface area contributed by atoms with Crippen LogP contribution in [0.25, 0.3) is 0 Å². The fourth-order valence-electron chi connectivity index (χ4n) is 1.31. The van der Waals surface area contributed by atoms with Gasteiger partial charge in [-0.15, -0.1) is 5.10 Å². The molecule has 1 amide bonds. The Morgan fingerprint density at radius 3 is 2.88 bits per heavy atom. The van der Waals surface area contributed by atoms with Crippen molar-refractivity contribution in [1.82, 2.24) is 19.7 Å². The number of hydrogen-bond donors (Lipinski definition) is 1. The highest BCUT2D eigenvalue weighted by Gasteiger charge is 2.12. The summed E-state index contributed by atoms with van der Waals surface area (Å²) in [5.74, 6) is 0.595. The highest BCUT2D eigenvalue weighted by Crippen LogP contribution is 2.07. The molecule has 0 radical (unpaired) electrons. The fourth-order valence-corrected chi connectivity index (χ4v) is 1.31. The van der Waals surface area contributed by atoms with Crippen LogP contribution in [0.5, 0.6) is 0 Å². The van der Waals surface area contributed by atoms with E-state index in [9.17, 15) is 4.79 Å². The summed E-state index contributed by atoms with van der Waals surface area (Å²) >= 11 is 0. The lowest BCUT2D eigenvalue weighted by atomic mass is 10.4. The molecule has 88 valence electrons.